The summed E-state index contributed by atoms with van der Waals surface area (Å²) in [6, 6.07) is 21.7. The molecule has 0 fully saturated rings. The molecule has 0 bridgehead atoms. The van der Waals surface area contributed by atoms with Crippen LogP contribution in [-0.2, 0) is 18.0 Å². The molecule has 4 aromatic carbocycles. The Kier molecular flexibility index (Phi) is 9.22. The Morgan fingerprint density at radius 2 is 0.964 bits per heavy atom. The molecule has 0 atom stereocenters. The average molecular weight is 507 g/mol. The van der Waals surface area contributed by atoms with Gasteiger partial charge in [0.15, 0.2) is 0 Å². The van der Waals surface area contributed by atoms with Gasteiger partial charge in [-0.2, -0.15) is 24.3 Å². The summed E-state index contributed by atoms with van der Waals surface area (Å²) in [5, 5.41) is 5.57. The molecule has 0 saturated heterocycles. The summed E-state index contributed by atoms with van der Waals surface area (Å²) in [7, 11) is 11.2. The molecule has 0 aromatic heterocycles. The molecule has 4 aromatic rings. The van der Waals surface area contributed by atoms with Crippen LogP contribution in [0.5, 0.6) is 0 Å². The number of hydrogen-bond acceptors (Lipinski definition) is 0. The minimum absolute atomic E-state index is 0.224. The van der Waals surface area contributed by atoms with Crippen molar-refractivity contribution in [1.82, 2.24) is 0 Å². The maximum absolute atomic E-state index is 5.62. The van der Waals surface area contributed by atoms with E-state index in [1.165, 1.54) is 43.8 Å². The molecular formula is C24H28Cl2SiZr-2. The van der Waals surface area contributed by atoms with Crippen LogP contribution in [0.15, 0.2) is 60.7 Å². The van der Waals surface area contributed by atoms with Crippen LogP contribution < -0.4 is 0 Å². The first-order valence-corrected chi connectivity index (χ1v) is 22.0. The van der Waals surface area contributed by atoms with Crippen molar-refractivity contribution >= 4 is 44.0 Å². The summed E-state index contributed by atoms with van der Waals surface area (Å²) in [6.45, 7) is 13.0. The molecular weight excluding hydrogens is 478 g/mol. The van der Waals surface area contributed by atoms with E-state index in [0.717, 1.165) is 0 Å². The maximum Gasteiger partial charge on any atom is -0.0488 e. The summed E-state index contributed by atoms with van der Waals surface area (Å²) < 4.78 is 0. The van der Waals surface area contributed by atoms with Gasteiger partial charge in [0.2, 0.25) is 0 Å². The van der Waals surface area contributed by atoms with Crippen molar-refractivity contribution < 1.29 is 18.0 Å². The maximum atomic E-state index is 5.62. The van der Waals surface area contributed by atoms with Crippen molar-refractivity contribution in [1.29, 1.82) is 0 Å². The van der Waals surface area contributed by atoms with Crippen LogP contribution in [0.1, 0.15) is 22.3 Å². The zero-order valence-electron chi connectivity index (χ0n) is 17.5. The van der Waals surface area contributed by atoms with Gasteiger partial charge in [-0.05, 0) is 13.8 Å². The van der Waals surface area contributed by atoms with Gasteiger partial charge in [-0.3, -0.25) is 0 Å². The van der Waals surface area contributed by atoms with Crippen LogP contribution in [0.2, 0.25) is 13.1 Å². The topological polar surface area (TPSA) is 0 Å². The smallest absolute Gasteiger partial charge is 0.0488 e. The van der Waals surface area contributed by atoms with Crippen LogP contribution in [0.4, 0.5) is 0 Å². The SMILES string of the molecule is C[Si](C)=[Zr]([Cl])[Cl].Cc1ccc(C)c2[cH-]ccc12.Cc1ccc(C)c2[cH-]ccc12. The molecule has 0 heterocycles. The average Bonchev–Trinajstić information content (AvgIpc) is 3.33. The van der Waals surface area contributed by atoms with Crippen LogP contribution >= 0.6 is 17.0 Å². The van der Waals surface area contributed by atoms with Gasteiger partial charge in [-0.15, -0.1) is 56.9 Å². The van der Waals surface area contributed by atoms with E-state index in [-0.39, 0.29) is 5.43 Å². The van der Waals surface area contributed by atoms with Crippen molar-refractivity contribution in [3.05, 3.63) is 82.9 Å². The van der Waals surface area contributed by atoms with E-state index in [1.807, 2.05) is 0 Å². The van der Waals surface area contributed by atoms with E-state index < -0.39 is 18.0 Å². The van der Waals surface area contributed by atoms with Crippen LogP contribution in [-0.4, -0.2) is 5.43 Å². The molecule has 0 N–H and O–H groups in total. The van der Waals surface area contributed by atoms with Crippen molar-refractivity contribution in [2.24, 2.45) is 0 Å². The van der Waals surface area contributed by atoms with Crippen molar-refractivity contribution in [3.8, 4) is 0 Å². The normalized spacial score (nSPS) is 10.1. The van der Waals surface area contributed by atoms with Crippen molar-refractivity contribution in [2.75, 3.05) is 0 Å². The minimum atomic E-state index is -1.65. The molecule has 0 spiro atoms. The quantitative estimate of drug-likeness (QED) is 0.166. The van der Waals surface area contributed by atoms with E-state index in [1.54, 1.807) is 0 Å². The fourth-order valence-electron chi connectivity index (χ4n) is 3.07. The Bertz CT molecular complexity index is 934. The molecule has 148 valence electrons. The van der Waals surface area contributed by atoms with Gasteiger partial charge < -0.3 is 0 Å². The van der Waals surface area contributed by atoms with E-state index in [2.05, 4.69) is 101 Å². The van der Waals surface area contributed by atoms with E-state index in [4.69, 9.17) is 17.0 Å². The zero-order valence-corrected chi connectivity index (χ0v) is 22.5. The molecule has 4 heteroatoms. The number of hydrogen-bond donors (Lipinski definition) is 0. The van der Waals surface area contributed by atoms with Crippen molar-refractivity contribution in [2.45, 2.75) is 40.8 Å². The van der Waals surface area contributed by atoms with E-state index >= 15 is 0 Å². The number of fused-ring (bicyclic) bond motifs is 2. The Morgan fingerprint density at radius 3 is 1.25 bits per heavy atom. The second-order valence-corrected chi connectivity index (χ2v) is 30.3. The summed E-state index contributed by atoms with van der Waals surface area (Å²) in [5.41, 5.74) is 5.26. The molecule has 28 heavy (non-hydrogen) atoms. The molecule has 0 unspecified atom stereocenters. The van der Waals surface area contributed by atoms with Gasteiger partial charge in [0.05, 0.1) is 0 Å². The van der Waals surface area contributed by atoms with Gasteiger partial charge in [0.1, 0.15) is 0 Å². The Balaban J connectivity index is 0.000000158. The third kappa shape index (κ3) is 6.17. The third-order valence-corrected chi connectivity index (χ3v) is 24.6. The molecule has 0 saturated carbocycles. The van der Waals surface area contributed by atoms with Gasteiger partial charge in [-0.1, -0.05) is 37.1 Å². The van der Waals surface area contributed by atoms with Gasteiger partial charge in [-0.25, -0.2) is 0 Å². The number of halogens is 2. The molecule has 0 radical (unpaired) electrons. The summed E-state index contributed by atoms with van der Waals surface area (Å²) in [6.07, 6.45) is 0. The number of benzene rings is 2. The molecule has 0 nitrogen and oxygen atoms in total. The number of rotatable bonds is 0. The first-order valence-electron chi connectivity index (χ1n) is 9.44. The predicted octanol–water partition coefficient (Wildman–Crippen LogP) is 8.51. The van der Waals surface area contributed by atoms with E-state index in [9.17, 15) is 0 Å². The van der Waals surface area contributed by atoms with Crippen LogP contribution in [0.25, 0.3) is 21.5 Å². The van der Waals surface area contributed by atoms with Crippen LogP contribution in [0.3, 0.4) is 0 Å². The zero-order chi connectivity index (χ0) is 20.8. The molecule has 4 rings (SSSR count). The monoisotopic (exact) mass is 504 g/mol. The van der Waals surface area contributed by atoms with Gasteiger partial charge >= 0.3 is 53.5 Å². The van der Waals surface area contributed by atoms with Crippen molar-refractivity contribution in [3.63, 3.8) is 0 Å². The molecule has 0 aliphatic carbocycles. The van der Waals surface area contributed by atoms with Crippen LogP contribution in [0, 0.1) is 27.7 Å². The first-order chi connectivity index (χ1) is 13.2. The Labute approximate surface area is 184 Å². The Morgan fingerprint density at radius 1 is 0.643 bits per heavy atom. The predicted molar refractivity (Wildman–Crippen MR) is 127 cm³/mol. The molecule has 0 amide bonds. The van der Waals surface area contributed by atoms with Gasteiger partial charge in [0, 0.05) is 0 Å². The summed E-state index contributed by atoms with van der Waals surface area (Å²) in [4.78, 5) is 0. The van der Waals surface area contributed by atoms with E-state index in [0.29, 0.717) is 0 Å². The first kappa shape index (κ1) is 23.6. The molecule has 0 aliphatic rings. The summed E-state index contributed by atoms with van der Waals surface area (Å²) in [5.74, 6) is 0. The Hall–Kier alpha value is -0.660. The molecule has 0 aliphatic heterocycles. The second-order valence-electron chi connectivity index (χ2n) is 7.37. The second kappa shape index (κ2) is 10.9. The fourth-order valence-corrected chi connectivity index (χ4v) is 3.07. The minimum Gasteiger partial charge on any atom is -0.168 e. The fraction of sp³-hybridized carbons (Fsp3) is 0.250. The third-order valence-electron chi connectivity index (χ3n) is 4.88. The standard InChI is InChI=1S/2C11H11.C2H6Si.2ClH.Zr/c2*1-8-6-7-9(2)11-5-3-4-10(8)11;1-3-2;;;/h2*3-7H,1-2H3;1-2H3;2*1H;/q2*-1;;;;+2/p-2. The largest absolute Gasteiger partial charge is 0.168 e. The number of aryl methyl sites for hydroxylation is 4. The summed E-state index contributed by atoms with van der Waals surface area (Å²) >= 11 is -1.65. The van der Waals surface area contributed by atoms with Gasteiger partial charge in [0.25, 0.3) is 0 Å².